The minimum absolute atomic E-state index is 0.109. The van der Waals surface area contributed by atoms with Gasteiger partial charge in [0, 0.05) is 38.4 Å². The van der Waals surface area contributed by atoms with Crippen molar-refractivity contribution in [2.45, 2.75) is 32.6 Å². The summed E-state index contributed by atoms with van der Waals surface area (Å²) in [5, 5.41) is 12.0. The number of aliphatic carboxylic acids is 1. The fourth-order valence-electron chi connectivity index (χ4n) is 2.41. The van der Waals surface area contributed by atoms with Gasteiger partial charge in [0.05, 0.1) is 5.41 Å². The molecule has 1 aliphatic heterocycles. The molecule has 0 radical (unpaired) electrons. The highest BCUT2D eigenvalue weighted by Gasteiger charge is 2.37. The molecule has 1 saturated heterocycles. The van der Waals surface area contributed by atoms with Gasteiger partial charge in [-0.25, -0.2) is 9.78 Å². The fraction of sp³-hybridized carbons (Fsp3) is 0.643. The Kier molecular flexibility index (Phi) is 4.82. The summed E-state index contributed by atoms with van der Waals surface area (Å²) >= 11 is 0. The van der Waals surface area contributed by atoms with Crippen LogP contribution in [0, 0.1) is 5.41 Å². The van der Waals surface area contributed by atoms with Crippen LogP contribution in [0.25, 0.3) is 0 Å². The second-order valence-electron chi connectivity index (χ2n) is 5.72. The van der Waals surface area contributed by atoms with Gasteiger partial charge in [-0.3, -0.25) is 4.79 Å². The predicted octanol–water partition coefficient (Wildman–Crippen LogP) is 1.24. The minimum atomic E-state index is -0.777. The number of carbonyl (C=O) groups excluding carboxylic acids is 1. The molecule has 21 heavy (non-hydrogen) atoms. The summed E-state index contributed by atoms with van der Waals surface area (Å²) < 4.78 is 0. The van der Waals surface area contributed by atoms with E-state index in [2.05, 4.69) is 15.3 Å². The standard InChI is InChI=1S/C14H22N4O3/c1-14(12(19)20)4-9-18(10-5-14)13(21)17-6-2-3-11-15-7-8-16-11/h7-8H,2-6,9-10H2,1H3,(H,15,16)(H,17,21)(H,19,20). The Morgan fingerprint density at radius 3 is 2.76 bits per heavy atom. The highest BCUT2D eigenvalue weighted by molar-refractivity contribution is 5.76. The van der Waals surface area contributed by atoms with E-state index in [0.717, 1.165) is 18.7 Å². The third-order valence-electron chi connectivity index (χ3n) is 4.09. The van der Waals surface area contributed by atoms with Crippen LogP contribution >= 0.6 is 0 Å². The second-order valence-corrected chi connectivity index (χ2v) is 5.72. The molecule has 7 nitrogen and oxygen atoms in total. The Morgan fingerprint density at radius 2 is 2.19 bits per heavy atom. The average Bonchev–Trinajstić information content (AvgIpc) is 2.97. The summed E-state index contributed by atoms with van der Waals surface area (Å²) in [4.78, 5) is 32.0. The van der Waals surface area contributed by atoms with Crippen molar-refractivity contribution < 1.29 is 14.7 Å². The van der Waals surface area contributed by atoms with E-state index >= 15 is 0 Å². The number of nitrogens with one attached hydrogen (secondary N) is 2. The summed E-state index contributed by atoms with van der Waals surface area (Å²) in [6.07, 6.45) is 6.11. The van der Waals surface area contributed by atoms with Crippen molar-refractivity contribution in [2.75, 3.05) is 19.6 Å². The number of nitrogens with zero attached hydrogens (tertiary/aromatic N) is 2. The van der Waals surface area contributed by atoms with Crippen molar-refractivity contribution in [2.24, 2.45) is 5.41 Å². The molecule has 1 fully saturated rings. The number of rotatable bonds is 5. The van der Waals surface area contributed by atoms with Gasteiger partial charge in [0.15, 0.2) is 0 Å². The van der Waals surface area contributed by atoms with Crippen LogP contribution in [0.5, 0.6) is 0 Å². The Hall–Kier alpha value is -2.05. The molecule has 1 aliphatic rings. The number of likely N-dealkylation sites (tertiary alicyclic amines) is 1. The van der Waals surface area contributed by atoms with Gasteiger partial charge in [0.2, 0.25) is 0 Å². The van der Waals surface area contributed by atoms with Crippen molar-refractivity contribution >= 4 is 12.0 Å². The van der Waals surface area contributed by atoms with Crippen LogP contribution in [-0.2, 0) is 11.2 Å². The molecule has 1 aromatic heterocycles. The number of carboxylic acids is 1. The number of hydrogen-bond acceptors (Lipinski definition) is 3. The number of carboxylic acid groups (broad SMARTS) is 1. The van der Waals surface area contributed by atoms with Gasteiger partial charge in [-0.2, -0.15) is 0 Å². The molecule has 1 aromatic rings. The highest BCUT2D eigenvalue weighted by Crippen LogP contribution is 2.30. The van der Waals surface area contributed by atoms with Crippen LogP contribution in [0.15, 0.2) is 12.4 Å². The Morgan fingerprint density at radius 1 is 1.48 bits per heavy atom. The first-order valence-corrected chi connectivity index (χ1v) is 7.26. The molecule has 2 amide bonds. The zero-order valence-corrected chi connectivity index (χ0v) is 12.3. The zero-order valence-electron chi connectivity index (χ0n) is 12.3. The molecule has 0 unspecified atom stereocenters. The molecule has 0 spiro atoms. The quantitative estimate of drug-likeness (QED) is 0.711. The fourth-order valence-corrected chi connectivity index (χ4v) is 2.41. The summed E-state index contributed by atoms with van der Waals surface area (Å²) in [5.74, 6) is 0.139. The Bertz CT molecular complexity index is 478. The maximum absolute atomic E-state index is 12.0. The van der Waals surface area contributed by atoms with Crippen LogP contribution < -0.4 is 5.32 Å². The average molecular weight is 294 g/mol. The monoisotopic (exact) mass is 294 g/mol. The van der Waals surface area contributed by atoms with Crippen LogP contribution in [0.4, 0.5) is 4.79 Å². The van der Waals surface area contributed by atoms with Crippen molar-refractivity contribution in [3.8, 4) is 0 Å². The predicted molar refractivity (Wildman–Crippen MR) is 76.9 cm³/mol. The van der Waals surface area contributed by atoms with E-state index in [9.17, 15) is 9.59 Å². The molecule has 2 rings (SSSR count). The van der Waals surface area contributed by atoms with E-state index in [0.29, 0.717) is 32.5 Å². The van der Waals surface area contributed by atoms with Gasteiger partial charge in [-0.15, -0.1) is 0 Å². The third-order valence-corrected chi connectivity index (χ3v) is 4.09. The molecular weight excluding hydrogens is 272 g/mol. The molecule has 116 valence electrons. The number of aromatic amines is 1. The third kappa shape index (κ3) is 3.96. The maximum Gasteiger partial charge on any atom is 0.317 e. The topological polar surface area (TPSA) is 98.3 Å². The Balaban J connectivity index is 1.67. The van der Waals surface area contributed by atoms with Crippen LogP contribution in [0.1, 0.15) is 32.0 Å². The number of hydrogen-bond donors (Lipinski definition) is 3. The van der Waals surface area contributed by atoms with E-state index < -0.39 is 11.4 Å². The summed E-state index contributed by atoms with van der Waals surface area (Å²) in [6.45, 7) is 3.32. The highest BCUT2D eigenvalue weighted by atomic mass is 16.4. The number of aryl methyl sites for hydroxylation is 1. The van der Waals surface area contributed by atoms with Crippen LogP contribution in [-0.4, -0.2) is 51.6 Å². The number of carbonyl (C=O) groups is 2. The molecule has 7 heteroatoms. The number of amides is 2. The molecular formula is C14H22N4O3. The van der Waals surface area contributed by atoms with Gasteiger partial charge in [0.25, 0.3) is 0 Å². The van der Waals surface area contributed by atoms with Crippen molar-refractivity contribution in [1.82, 2.24) is 20.2 Å². The number of imidazole rings is 1. The van der Waals surface area contributed by atoms with E-state index in [1.165, 1.54) is 0 Å². The molecule has 0 saturated carbocycles. The second kappa shape index (κ2) is 6.60. The van der Waals surface area contributed by atoms with Crippen LogP contribution in [0.3, 0.4) is 0 Å². The molecule has 0 aliphatic carbocycles. The van der Waals surface area contributed by atoms with Gasteiger partial charge < -0.3 is 20.3 Å². The van der Waals surface area contributed by atoms with Gasteiger partial charge in [0.1, 0.15) is 5.82 Å². The molecule has 2 heterocycles. The first-order chi connectivity index (χ1) is 10.0. The molecule has 0 atom stereocenters. The first kappa shape index (κ1) is 15.3. The van der Waals surface area contributed by atoms with Crippen molar-refractivity contribution in [1.29, 1.82) is 0 Å². The normalized spacial score (nSPS) is 17.5. The summed E-state index contributed by atoms with van der Waals surface area (Å²) in [7, 11) is 0. The van der Waals surface area contributed by atoms with Gasteiger partial charge >= 0.3 is 12.0 Å². The van der Waals surface area contributed by atoms with Crippen molar-refractivity contribution in [3.05, 3.63) is 18.2 Å². The summed E-state index contributed by atoms with van der Waals surface area (Å²) in [5.41, 5.74) is -0.698. The number of H-pyrrole nitrogens is 1. The van der Waals surface area contributed by atoms with Crippen molar-refractivity contribution in [3.63, 3.8) is 0 Å². The lowest BCUT2D eigenvalue weighted by Gasteiger charge is -2.36. The largest absolute Gasteiger partial charge is 0.481 e. The number of urea groups is 1. The Labute approximate surface area is 123 Å². The summed E-state index contributed by atoms with van der Waals surface area (Å²) in [6, 6.07) is -0.109. The van der Waals surface area contributed by atoms with E-state index in [4.69, 9.17) is 5.11 Å². The maximum atomic E-state index is 12.0. The zero-order chi connectivity index (χ0) is 15.3. The molecule has 0 bridgehead atoms. The lowest BCUT2D eigenvalue weighted by Crippen LogP contribution is -2.48. The van der Waals surface area contributed by atoms with Gasteiger partial charge in [-0.05, 0) is 26.2 Å². The van der Waals surface area contributed by atoms with E-state index in [-0.39, 0.29) is 6.03 Å². The van der Waals surface area contributed by atoms with Gasteiger partial charge in [-0.1, -0.05) is 0 Å². The number of piperidine rings is 1. The smallest absolute Gasteiger partial charge is 0.317 e. The van der Waals surface area contributed by atoms with Crippen LogP contribution in [0.2, 0.25) is 0 Å². The van der Waals surface area contributed by atoms with E-state index in [1.807, 2.05) is 0 Å². The van der Waals surface area contributed by atoms with E-state index in [1.54, 1.807) is 24.2 Å². The SMILES string of the molecule is CC1(C(=O)O)CCN(C(=O)NCCCc2ncc[nH]2)CC1. The molecule has 3 N–H and O–H groups in total. The number of aromatic nitrogens is 2. The molecule has 0 aromatic carbocycles. The lowest BCUT2D eigenvalue weighted by atomic mass is 9.80. The minimum Gasteiger partial charge on any atom is -0.481 e. The first-order valence-electron chi connectivity index (χ1n) is 7.26. The lowest BCUT2D eigenvalue weighted by molar-refractivity contribution is -0.150.